The molecule has 2 atom stereocenters. The Hall–Kier alpha value is -3.51. The Morgan fingerprint density at radius 2 is 1.94 bits per heavy atom. The van der Waals surface area contributed by atoms with Gasteiger partial charge >= 0.3 is 0 Å². The lowest BCUT2D eigenvalue weighted by molar-refractivity contribution is 0.533. The lowest BCUT2D eigenvalue weighted by Gasteiger charge is -2.23. The summed E-state index contributed by atoms with van der Waals surface area (Å²) >= 11 is 0. The molecule has 2 aliphatic rings. The molecule has 1 N–H and O–H groups in total. The van der Waals surface area contributed by atoms with E-state index in [1.807, 2.05) is 44.4 Å². The van der Waals surface area contributed by atoms with Crippen molar-refractivity contribution in [1.29, 1.82) is 0 Å². The van der Waals surface area contributed by atoms with Crippen LogP contribution in [0.3, 0.4) is 0 Å². The molecule has 1 aromatic carbocycles. The molecular weight excluding hydrogens is 432 g/mol. The highest BCUT2D eigenvalue weighted by Gasteiger charge is 2.37. The van der Waals surface area contributed by atoms with Gasteiger partial charge in [0.2, 0.25) is 0 Å². The maximum atomic E-state index is 5.16. The fraction of sp³-hybridized carbons (Fsp3) is 0.345. The monoisotopic (exact) mass is 468 g/mol. The normalized spacial score (nSPS) is 20.4. The number of aliphatic imine (C=N–C) groups is 1. The summed E-state index contributed by atoms with van der Waals surface area (Å²) in [4.78, 5) is 18.7. The van der Waals surface area contributed by atoms with E-state index in [4.69, 9.17) is 9.97 Å². The largest absolute Gasteiger partial charge is 0.383 e. The maximum Gasteiger partial charge on any atom is 0.161 e. The van der Waals surface area contributed by atoms with E-state index in [1.54, 1.807) is 7.05 Å². The number of nitrogens with one attached hydrogen (secondary N) is 1. The molecule has 0 spiro atoms. The summed E-state index contributed by atoms with van der Waals surface area (Å²) in [5.74, 6) is 3.00. The smallest absolute Gasteiger partial charge is 0.161 e. The van der Waals surface area contributed by atoms with Crippen LogP contribution in [0.5, 0.6) is 0 Å². The third-order valence-corrected chi connectivity index (χ3v) is 6.51. The standard InChI is InChI=1S/C29H36N6/c1-7-21(17-34(5)6)22-9-8-10-23(12-22)28-32-16-27(24(13-30-4)11-20(2)3)29(33-28)35-18-25-14-31-15-26(25)19-35/h7-13,16-17,25-26,31H,1-2,14-15,18-19H2,3-6H3/b21-17+,24-11+,30-13-. The molecule has 0 amide bonds. The van der Waals surface area contributed by atoms with Gasteiger partial charge in [-0.05, 0) is 36.0 Å². The minimum absolute atomic E-state index is 0.657. The van der Waals surface area contributed by atoms with Crippen LogP contribution in [0, 0.1) is 11.8 Å². The minimum atomic E-state index is 0.657. The third kappa shape index (κ3) is 5.60. The fourth-order valence-corrected chi connectivity index (χ4v) is 4.94. The van der Waals surface area contributed by atoms with Gasteiger partial charge < -0.3 is 15.1 Å². The quantitative estimate of drug-likeness (QED) is 0.455. The van der Waals surface area contributed by atoms with E-state index < -0.39 is 0 Å². The molecule has 6 heteroatoms. The first-order chi connectivity index (χ1) is 16.9. The molecule has 2 aliphatic heterocycles. The fourth-order valence-electron chi connectivity index (χ4n) is 4.94. The number of aromatic nitrogens is 2. The predicted octanol–water partition coefficient (Wildman–Crippen LogP) is 4.55. The second-order valence-electron chi connectivity index (χ2n) is 9.68. The number of benzene rings is 1. The van der Waals surface area contributed by atoms with E-state index >= 15 is 0 Å². The molecule has 6 nitrogen and oxygen atoms in total. The zero-order chi connectivity index (χ0) is 24.9. The van der Waals surface area contributed by atoms with Crippen molar-refractivity contribution in [2.24, 2.45) is 16.8 Å². The molecule has 0 aliphatic carbocycles. The van der Waals surface area contributed by atoms with Crippen molar-refractivity contribution in [3.63, 3.8) is 0 Å². The number of rotatable bonds is 8. The topological polar surface area (TPSA) is 56.7 Å². The number of hydrogen-bond acceptors (Lipinski definition) is 6. The molecule has 3 heterocycles. The molecule has 0 saturated carbocycles. The van der Waals surface area contributed by atoms with Crippen molar-refractivity contribution in [3.8, 4) is 11.4 Å². The Balaban J connectivity index is 1.80. The highest BCUT2D eigenvalue weighted by Crippen LogP contribution is 2.35. The summed E-state index contributed by atoms with van der Waals surface area (Å²) in [6, 6.07) is 8.35. The van der Waals surface area contributed by atoms with Gasteiger partial charge in [-0.2, -0.15) is 0 Å². The summed E-state index contributed by atoms with van der Waals surface area (Å²) in [6.07, 6.45) is 9.81. The zero-order valence-electron chi connectivity index (χ0n) is 21.3. The number of allylic oxidation sites excluding steroid dienone is 5. The van der Waals surface area contributed by atoms with Gasteiger partial charge in [-0.25, -0.2) is 9.97 Å². The Bertz CT molecular complexity index is 1180. The number of nitrogens with zero attached hydrogens (tertiary/aromatic N) is 5. The van der Waals surface area contributed by atoms with Gasteiger partial charge in [-0.1, -0.05) is 49.1 Å². The van der Waals surface area contributed by atoms with Crippen molar-refractivity contribution in [2.45, 2.75) is 6.92 Å². The molecule has 0 radical (unpaired) electrons. The van der Waals surface area contributed by atoms with Crippen molar-refractivity contribution in [1.82, 2.24) is 20.2 Å². The Morgan fingerprint density at radius 1 is 1.20 bits per heavy atom. The van der Waals surface area contributed by atoms with Crippen LogP contribution in [-0.4, -0.2) is 68.4 Å². The predicted molar refractivity (Wildman–Crippen MR) is 149 cm³/mol. The molecular formula is C29H36N6. The van der Waals surface area contributed by atoms with Crippen LogP contribution < -0.4 is 10.2 Å². The van der Waals surface area contributed by atoms with Crippen LogP contribution in [0.25, 0.3) is 22.5 Å². The average Bonchev–Trinajstić information content (AvgIpc) is 3.44. The van der Waals surface area contributed by atoms with Gasteiger partial charge in [0.15, 0.2) is 5.82 Å². The molecule has 2 saturated heterocycles. The summed E-state index contributed by atoms with van der Waals surface area (Å²) in [7, 11) is 5.81. The van der Waals surface area contributed by atoms with E-state index in [0.717, 1.165) is 71.2 Å². The summed E-state index contributed by atoms with van der Waals surface area (Å²) in [5.41, 5.74) is 6.06. The lowest BCUT2D eigenvalue weighted by atomic mass is 10.0. The van der Waals surface area contributed by atoms with Gasteiger partial charge in [-0.3, -0.25) is 4.99 Å². The van der Waals surface area contributed by atoms with E-state index in [1.165, 1.54) is 0 Å². The van der Waals surface area contributed by atoms with Crippen LogP contribution in [0.15, 0.2) is 72.5 Å². The molecule has 35 heavy (non-hydrogen) atoms. The van der Waals surface area contributed by atoms with Crippen LogP contribution in [-0.2, 0) is 0 Å². The highest BCUT2D eigenvalue weighted by atomic mass is 15.2. The van der Waals surface area contributed by atoms with Crippen molar-refractivity contribution >= 4 is 23.2 Å². The van der Waals surface area contributed by atoms with E-state index in [0.29, 0.717) is 11.8 Å². The molecule has 0 bridgehead atoms. The van der Waals surface area contributed by atoms with Crippen LogP contribution in [0.2, 0.25) is 0 Å². The first kappa shape index (κ1) is 24.6. The Morgan fingerprint density at radius 3 is 2.57 bits per heavy atom. The molecule has 2 fully saturated rings. The SMILES string of the molecule is C=C/C(=C\N(C)C)c1cccc(-c2ncc(C(/C=N\C)=C/C(=C)C)c(N3CC4CNCC4C3)n2)c1. The van der Waals surface area contributed by atoms with Gasteiger partial charge in [0.1, 0.15) is 5.82 Å². The second-order valence-corrected chi connectivity index (χ2v) is 9.68. The Labute approximate surface area is 209 Å². The van der Waals surface area contributed by atoms with Crippen LogP contribution >= 0.6 is 0 Å². The van der Waals surface area contributed by atoms with Crippen LogP contribution in [0.1, 0.15) is 18.1 Å². The van der Waals surface area contributed by atoms with Gasteiger partial charge in [0.25, 0.3) is 0 Å². The minimum Gasteiger partial charge on any atom is -0.383 e. The maximum absolute atomic E-state index is 5.16. The summed E-state index contributed by atoms with van der Waals surface area (Å²) in [5, 5.41) is 3.53. The second kappa shape index (κ2) is 10.8. The number of fused-ring (bicyclic) bond motifs is 1. The van der Waals surface area contributed by atoms with Gasteiger partial charge in [0.05, 0.1) is 0 Å². The summed E-state index contributed by atoms with van der Waals surface area (Å²) in [6.45, 7) is 14.2. The van der Waals surface area contributed by atoms with Gasteiger partial charge in [-0.15, -0.1) is 0 Å². The first-order valence-corrected chi connectivity index (χ1v) is 12.1. The molecule has 2 aromatic rings. The van der Waals surface area contributed by atoms with Crippen molar-refractivity contribution in [2.75, 3.05) is 52.2 Å². The molecule has 182 valence electrons. The highest BCUT2D eigenvalue weighted by molar-refractivity contribution is 6.12. The van der Waals surface area contributed by atoms with E-state index in [2.05, 4.69) is 64.9 Å². The average molecular weight is 469 g/mol. The number of hydrogen-bond donors (Lipinski definition) is 1. The molecule has 1 aromatic heterocycles. The molecule has 4 rings (SSSR count). The zero-order valence-corrected chi connectivity index (χ0v) is 21.3. The number of anilines is 1. The first-order valence-electron chi connectivity index (χ1n) is 12.1. The van der Waals surface area contributed by atoms with Gasteiger partial charge in [0, 0.05) is 82.6 Å². The lowest BCUT2D eigenvalue weighted by Crippen LogP contribution is -2.27. The van der Waals surface area contributed by atoms with Crippen molar-refractivity contribution < 1.29 is 0 Å². The summed E-state index contributed by atoms with van der Waals surface area (Å²) < 4.78 is 0. The van der Waals surface area contributed by atoms with Crippen molar-refractivity contribution in [3.05, 3.63) is 78.7 Å². The van der Waals surface area contributed by atoms with E-state index in [9.17, 15) is 0 Å². The van der Waals surface area contributed by atoms with E-state index in [-0.39, 0.29) is 0 Å². The third-order valence-electron chi connectivity index (χ3n) is 6.51. The Kier molecular flexibility index (Phi) is 7.61. The molecule has 2 unspecified atom stereocenters. The van der Waals surface area contributed by atoms with Crippen LogP contribution in [0.4, 0.5) is 5.82 Å².